The molecule has 1 aromatic carbocycles. The standard InChI is InChI=1S/C20H22Br2N2O3/c1-9(11-6-4-3-5-7-11)23-18(25)10(2)24-19(26)14-12-8-13(15(14)20(24)27)17(22)16(12)21/h3-7,9-10,12-17H,8H2,1-2H3,(H,23,25)/t9-,10+,12-,13-,14-,15+,16-,17+/m0/s1. The molecule has 0 spiro atoms. The molecule has 2 aliphatic carbocycles. The van der Waals surface area contributed by atoms with E-state index in [0.29, 0.717) is 0 Å². The molecular formula is C20H22Br2N2O3. The van der Waals surface area contributed by atoms with Gasteiger partial charge >= 0.3 is 0 Å². The van der Waals surface area contributed by atoms with Crippen molar-refractivity contribution in [3.05, 3.63) is 35.9 Å². The molecule has 2 bridgehead atoms. The third kappa shape index (κ3) is 2.89. The van der Waals surface area contributed by atoms with Crippen LogP contribution < -0.4 is 5.32 Å². The highest BCUT2D eigenvalue weighted by molar-refractivity contribution is 9.12. The van der Waals surface area contributed by atoms with E-state index in [1.165, 1.54) is 4.90 Å². The van der Waals surface area contributed by atoms with Gasteiger partial charge in [-0.2, -0.15) is 0 Å². The minimum absolute atomic E-state index is 0.157. The third-order valence-corrected chi connectivity index (χ3v) is 9.65. The van der Waals surface area contributed by atoms with Gasteiger partial charge in [0.2, 0.25) is 17.7 Å². The number of carbonyl (C=O) groups is 3. The van der Waals surface area contributed by atoms with Gasteiger partial charge in [-0.05, 0) is 37.7 Å². The van der Waals surface area contributed by atoms with Crippen LogP contribution in [0.1, 0.15) is 31.9 Å². The van der Waals surface area contributed by atoms with E-state index in [2.05, 4.69) is 37.2 Å². The van der Waals surface area contributed by atoms with E-state index in [4.69, 9.17) is 0 Å². The lowest BCUT2D eigenvalue weighted by atomic mass is 9.81. The van der Waals surface area contributed by atoms with Crippen molar-refractivity contribution in [2.75, 3.05) is 0 Å². The average molecular weight is 498 g/mol. The summed E-state index contributed by atoms with van der Waals surface area (Å²) < 4.78 is 0. The molecule has 5 nitrogen and oxygen atoms in total. The summed E-state index contributed by atoms with van der Waals surface area (Å²) in [5, 5.41) is 2.93. The summed E-state index contributed by atoms with van der Waals surface area (Å²) in [5.41, 5.74) is 0.983. The molecule has 0 unspecified atom stereocenters. The van der Waals surface area contributed by atoms with Gasteiger partial charge in [0.15, 0.2) is 0 Å². The third-order valence-electron chi connectivity index (χ3n) is 6.45. The van der Waals surface area contributed by atoms with Crippen molar-refractivity contribution in [3.8, 4) is 0 Å². The highest BCUT2D eigenvalue weighted by atomic mass is 79.9. The van der Waals surface area contributed by atoms with Gasteiger partial charge in [-0.3, -0.25) is 19.3 Å². The normalized spacial score (nSPS) is 36.7. The summed E-state index contributed by atoms with van der Waals surface area (Å²) in [5.74, 6) is -0.933. The maximum Gasteiger partial charge on any atom is 0.243 e. The van der Waals surface area contributed by atoms with E-state index in [0.717, 1.165) is 12.0 Å². The molecule has 0 aromatic heterocycles. The highest BCUT2D eigenvalue weighted by Crippen LogP contribution is 2.60. The molecule has 4 rings (SSSR count). The largest absolute Gasteiger partial charge is 0.348 e. The van der Waals surface area contributed by atoms with Crippen molar-refractivity contribution in [3.63, 3.8) is 0 Å². The quantitative estimate of drug-likeness (QED) is 0.513. The molecule has 1 N–H and O–H groups in total. The smallest absolute Gasteiger partial charge is 0.243 e. The van der Waals surface area contributed by atoms with Crippen LogP contribution in [0.4, 0.5) is 0 Å². The summed E-state index contributed by atoms with van der Waals surface area (Å²) in [4.78, 5) is 40.4. The van der Waals surface area contributed by atoms with Crippen molar-refractivity contribution in [2.45, 2.75) is 42.0 Å². The summed E-state index contributed by atoms with van der Waals surface area (Å²) in [6, 6.07) is 8.64. The Morgan fingerprint density at radius 1 is 1.04 bits per heavy atom. The molecule has 3 fully saturated rings. The molecule has 27 heavy (non-hydrogen) atoms. The molecule has 144 valence electrons. The predicted octanol–water partition coefficient (Wildman–Crippen LogP) is 3.03. The van der Waals surface area contributed by atoms with Gasteiger partial charge < -0.3 is 5.32 Å². The lowest BCUT2D eigenvalue weighted by Gasteiger charge is -2.28. The first-order chi connectivity index (χ1) is 12.8. The van der Waals surface area contributed by atoms with Crippen molar-refractivity contribution in [1.29, 1.82) is 0 Å². The number of nitrogens with one attached hydrogen (secondary N) is 1. The highest BCUT2D eigenvalue weighted by Gasteiger charge is 2.67. The molecule has 8 atom stereocenters. The number of halogens is 2. The predicted molar refractivity (Wildman–Crippen MR) is 108 cm³/mol. The Morgan fingerprint density at radius 3 is 2.07 bits per heavy atom. The Hall–Kier alpha value is -1.21. The summed E-state index contributed by atoms with van der Waals surface area (Å²) >= 11 is 7.36. The number of amides is 3. The molecular weight excluding hydrogens is 476 g/mol. The van der Waals surface area contributed by atoms with Crippen LogP contribution in [0, 0.1) is 23.7 Å². The number of rotatable bonds is 4. The first-order valence-corrected chi connectivity index (χ1v) is 11.2. The Morgan fingerprint density at radius 2 is 1.56 bits per heavy atom. The molecule has 1 aliphatic heterocycles. The first kappa shape index (κ1) is 19.1. The number of hydrogen-bond acceptors (Lipinski definition) is 3. The van der Waals surface area contributed by atoms with Crippen LogP contribution in [0.3, 0.4) is 0 Å². The molecule has 3 amide bonds. The zero-order valence-corrected chi connectivity index (χ0v) is 18.3. The van der Waals surface area contributed by atoms with Gasteiger partial charge in [0.05, 0.1) is 17.9 Å². The van der Waals surface area contributed by atoms with Crippen LogP contribution >= 0.6 is 31.9 Å². The van der Waals surface area contributed by atoms with Crippen molar-refractivity contribution >= 4 is 49.6 Å². The number of alkyl halides is 2. The number of fused-ring (bicyclic) bond motifs is 5. The zero-order chi connectivity index (χ0) is 19.5. The molecule has 7 heteroatoms. The fraction of sp³-hybridized carbons (Fsp3) is 0.550. The van der Waals surface area contributed by atoms with Gasteiger partial charge in [-0.25, -0.2) is 0 Å². The van der Waals surface area contributed by atoms with Crippen LogP contribution in [-0.2, 0) is 14.4 Å². The molecule has 0 radical (unpaired) electrons. The van der Waals surface area contributed by atoms with Crippen LogP contribution in [0.5, 0.6) is 0 Å². The molecule has 1 heterocycles. The van der Waals surface area contributed by atoms with Crippen LogP contribution in [-0.4, -0.2) is 38.3 Å². The monoisotopic (exact) mass is 496 g/mol. The van der Waals surface area contributed by atoms with E-state index in [1.807, 2.05) is 37.3 Å². The van der Waals surface area contributed by atoms with Crippen LogP contribution in [0.15, 0.2) is 30.3 Å². The Bertz CT molecular complexity index is 755. The van der Waals surface area contributed by atoms with E-state index >= 15 is 0 Å². The fourth-order valence-electron chi connectivity index (χ4n) is 5.03. The lowest BCUT2D eigenvalue weighted by molar-refractivity contribution is -0.148. The number of imide groups is 1. The number of carbonyl (C=O) groups excluding carboxylic acids is 3. The topological polar surface area (TPSA) is 66.5 Å². The SMILES string of the molecule is C[C@H](NC(=O)[C@@H](C)N1C(=O)[C@@H]2[C@@H]3C[C@H]([C@H](Br)[C@@H]3Br)[C@@H]2C1=O)c1ccccc1. The Labute approximate surface area is 175 Å². The maximum atomic E-state index is 13.0. The van der Waals surface area contributed by atoms with Crippen molar-refractivity contribution < 1.29 is 14.4 Å². The Balaban J connectivity index is 1.49. The minimum atomic E-state index is -0.802. The summed E-state index contributed by atoms with van der Waals surface area (Å²) in [6.07, 6.45) is 0.887. The first-order valence-electron chi connectivity index (χ1n) is 9.33. The molecule has 2 saturated carbocycles. The number of likely N-dealkylation sites (tertiary alicyclic amines) is 1. The van der Waals surface area contributed by atoms with Gasteiger partial charge in [0.25, 0.3) is 0 Å². The van der Waals surface area contributed by atoms with E-state index < -0.39 is 6.04 Å². The maximum absolute atomic E-state index is 13.0. The van der Waals surface area contributed by atoms with Gasteiger partial charge in [0.1, 0.15) is 6.04 Å². The van der Waals surface area contributed by atoms with E-state index in [9.17, 15) is 14.4 Å². The number of hydrogen-bond donors (Lipinski definition) is 1. The fourth-order valence-corrected chi connectivity index (χ4v) is 6.90. The zero-order valence-electron chi connectivity index (χ0n) is 15.1. The second-order valence-corrected chi connectivity index (χ2v) is 9.98. The van der Waals surface area contributed by atoms with Crippen LogP contribution in [0.2, 0.25) is 0 Å². The molecule has 3 aliphatic rings. The van der Waals surface area contributed by atoms with Gasteiger partial charge in [-0.15, -0.1) is 0 Å². The Kier molecular flexibility index (Phi) is 4.95. The second kappa shape index (κ2) is 6.99. The average Bonchev–Trinajstić information content (AvgIpc) is 3.26. The van der Waals surface area contributed by atoms with Gasteiger partial charge in [0, 0.05) is 9.65 Å². The number of benzene rings is 1. The number of nitrogens with zero attached hydrogens (tertiary/aromatic N) is 1. The second-order valence-electron chi connectivity index (χ2n) is 7.87. The summed E-state index contributed by atoms with van der Waals surface area (Å²) in [7, 11) is 0. The van der Waals surface area contributed by atoms with Crippen molar-refractivity contribution in [1.82, 2.24) is 10.2 Å². The minimum Gasteiger partial charge on any atom is -0.348 e. The molecule has 1 saturated heterocycles. The van der Waals surface area contributed by atoms with Gasteiger partial charge in [-0.1, -0.05) is 62.2 Å². The summed E-state index contributed by atoms with van der Waals surface area (Å²) in [6.45, 7) is 3.54. The molecule has 1 aromatic rings. The lowest BCUT2D eigenvalue weighted by Crippen LogP contribution is -2.49. The van der Waals surface area contributed by atoms with E-state index in [-0.39, 0.29) is 57.1 Å². The van der Waals surface area contributed by atoms with E-state index in [1.54, 1.807) is 6.92 Å². The van der Waals surface area contributed by atoms with Crippen molar-refractivity contribution in [2.24, 2.45) is 23.7 Å². The van der Waals surface area contributed by atoms with Crippen LogP contribution in [0.25, 0.3) is 0 Å².